The van der Waals surface area contributed by atoms with E-state index in [1.54, 1.807) is 39.2 Å². The van der Waals surface area contributed by atoms with Crippen LogP contribution in [0, 0.1) is 19.7 Å². The Morgan fingerprint density at radius 2 is 2.12 bits per heavy atom. The second-order valence-electron chi connectivity index (χ2n) is 7.74. The van der Waals surface area contributed by atoms with Crippen molar-refractivity contribution in [1.29, 1.82) is 0 Å². The normalized spacial score (nSPS) is 17.3. The van der Waals surface area contributed by atoms with Crippen LogP contribution < -0.4 is 16.2 Å². The Bertz CT molecular complexity index is 1340. The maximum Gasteiger partial charge on any atom is 0.262 e. The summed E-state index contributed by atoms with van der Waals surface area (Å²) in [6.07, 6.45) is 2.82. The first-order chi connectivity index (χ1) is 15.8. The van der Waals surface area contributed by atoms with E-state index in [1.807, 2.05) is 4.90 Å². The molecule has 172 valence electrons. The van der Waals surface area contributed by atoms with E-state index in [-0.39, 0.29) is 28.1 Å². The third-order valence-electron chi connectivity index (χ3n) is 5.67. The summed E-state index contributed by atoms with van der Waals surface area (Å²) in [5.41, 5.74) is 7.81. The summed E-state index contributed by atoms with van der Waals surface area (Å²) in [7, 11) is 1.66. The number of benzene rings is 1. The van der Waals surface area contributed by atoms with Crippen LogP contribution in [0.3, 0.4) is 0 Å². The molecule has 10 heteroatoms. The van der Waals surface area contributed by atoms with Crippen LogP contribution in [-0.4, -0.2) is 53.4 Å². The van der Waals surface area contributed by atoms with Crippen molar-refractivity contribution >= 4 is 29.3 Å². The highest BCUT2D eigenvalue weighted by molar-refractivity contribution is 6.30. The summed E-state index contributed by atoms with van der Waals surface area (Å²) in [6.45, 7) is 4.90. The highest BCUT2D eigenvalue weighted by Gasteiger charge is 2.26. The second kappa shape index (κ2) is 9.29. The van der Waals surface area contributed by atoms with Crippen molar-refractivity contribution in [3.63, 3.8) is 0 Å². The van der Waals surface area contributed by atoms with Gasteiger partial charge in [-0.1, -0.05) is 11.6 Å². The van der Waals surface area contributed by atoms with Gasteiger partial charge >= 0.3 is 0 Å². The van der Waals surface area contributed by atoms with Gasteiger partial charge in [0.25, 0.3) is 5.56 Å². The predicted octanol–water partition coefficient (Wildman–Crippen LogP) is 2.91. The summed E-state index contributed by atoms with van der Waals surface area (Å²) < 4.78 is 22.1. The van der Waals surface area contributed by atoms with E-state index in [4.69, 9.17) is 27.1 Å². The van der Waals surface area contributed by atoms with Gasteiger partial charge in [0.1, 0.15) is 23.4 Å². The van der Waals surface area contributed by atoms with Gasteiger partial charge in [0.2, 0.25) is 0 Å². The molecule has 1 fully saturated rings. The van der Waals surface area contributed by atoms with Crippen LogP contribution >= 0.6 is 11.6 Å². The number of aryl methyl sites for hydroxylation is 1. The first-order valence-corrected chi connectivity index (χ1v) is 10.8. The Balaban J connectivity index is 1.90. The molecule has 0 amide bonds. The topological polar surface area (TPSA) is 98.1 Å². The number of nitrogens with zero attached hydrogens (tertiary/aromatic N) is 5. The smallest absolute Gasteiger partial charge is 0.262 e. The lowest BCUT2D eigenvalue weighted by molar-refractivity contribution is 0.0677. The Labute approximate surface area is 195 Å². The molecule has 1 atom stereocenters. The van der Waals surface area contributed by atoms with Gasteiger partial charge in [-0.3, -0.25) is 9.79 Å². The number of hydrogen-bond acceptors (Lipinski definition) is 7. The summed E-state index contributed by atoms with van der Waals surface area (Å²) in [5, 5.41) is 0.254. The minimum absolute atomic E-state index is 0.156. The molecule has 3 heterocycles. The van der Waals surface area contributed by atoms with Crippen LogP contribution in [0.15, 0.2) is 45.8 Å². The molecular formula is C23H24ClFN6O2. The van der Waals surface area contributed by atoms with Crippen molar-refractivity contribution < 1.29 is 9.13 Å². The molecule has 0 spiro atoms. The van der Waals surface area contributed by atoms with Crippen LogP contribution in [0.2, 0.25) is 5.02 Å². The maximum atomic E-state index is 14.9. The van der Waals surface area contributed by atoms with Gasteiger partial charge in [-0.15, -0.1) is 0 Å². The molecule has 0 bridgehead atoms. The van der Waals surface area contributed by atoms with E-state index >= 15 is 0 Å². The molecule has 8 nitrogen and oxygen atoms in total. The van der Waals surface area contributed by atoms with Crippen LogP contribution in [0.5, 0.6) is 0 Å². The Morgan fingerprint density at radius 1 is 1.33 bits per heavy atom. The van der Waals surface area contributed by atoms with Crippen molar-refractivity contribution in [2.45, 2.75) is 20.0 Å². The highest BCUT2D eigenvalue weighted by Crippen LogP contribution is 2.28. The van der Waals surface area contributed by atoms with Gasteiger partial charge in [0.15, 0.2) is 5.82 Å². The number of ether oxygens (including phenoxy) is 1. The standard InChI is InChI=1S/C23H24ClFN6O2/c1-13-14(2)28-21-9-20(30-6-7-33-19(12-30)15(10-26)11-27-3)29-22(31(21)23(13)32)17-5-4-16(24)8-18(17)25/h4-5,8-11,19H,6-7,12,26H2,1-3H3/b15-10+,27-11?. The predicted molar refractivity (Wildman–Crippen MR) is 128 cm³/mol. The SMILES string of the molecule is CN=C/C(=C\N)C1CN(c2cc3nc(C)c(C)c(=O)n3c(-c3ccc(Cl)cc3F)n2)CCO1. The monoisotopic (exact) mass is 470 g/mol. The molecule has 0 aliphatic carbocycles. The highest BCUT2D eigenvalue weighted by atomic mass is 35.5. The summed E-state index contributed by atoms with van der Waals surface area (Å²) in [5.74, 6) is 0.128. The molecule has 1 aliphatic rings. The van der Waals surface area contributed by atoms with Crippen LogP contribution in [0.25, 0.3) is 17.0 Å². The third-order valence-corrected chi connectivity index (χ3v) is 5.91. The number of nitrogens with two attached hydrogens (primary N) is 1. The molecular weight excluding hydrogens is 447 g/mol. The lowest BCUT2D eigenvalue weighted by Crippen LogP contribution is -2.44. The third kappa shape index (κ3) is 4.34. The number of rotatable bonds is 4. The van der Waals surface area contributed by atoms with Gasteiger partial charge in [-0.05, 0) is 32.0 Å². The van der Waals surface area contributed by atoms with E-state index in [1.165, 1.54) is 22.7 Å². The van der Waals surface area contributed by atoms with Gasteiger partial charge in [0, 0.05) is 60.5 Å². The lowest BCUT2D eigenvalue weighted by Gasteiger charge is -2.34. The van der Waals surface area contributed by atoms with Crippen molar-refractivity contribution in [2.75, 3.05) is 31.6 Å². The van der Waals surface area contributed by atoms with E-state index in [2.05, 4.69) is 9.98 Å². The number of halogens is 2. The first kappa shape index (κ1) is 22.9. The second-order valence-corrected chi connectivity index (χ2v) is 8.18. The summed E-state index contributed by atoms with van der Waals surface area (Å²) >= 11 is 5.95. The fourth-order valence-corrected chi connectivity index (χ4v) is 3.95. The number of aromatic nitrogens is 3. The average molecular weight is 471 g/mol. The maximum absolute atomic E-state index is 14.9. The van der Waals surface area contributed by atoms with Crippen LogP contribution in [0.4, 0.5) is 10.2 Å². The molecule has 1 unspecified atom stereocenters. The quantitative estimate of drug-likeness (QED) is 0.589. The summed E-state index contributed by atoms with van der Waals surface area (Å²) in [6, 6.07) is 6.00. The number of hydrogen-bond donors (Lipinski definition) is 1. The van der Waals surface area contributed by atoms with Crippen molar-refractivity contribution in [3.05, 3.63) is 68.5 Å². The van der Waals surface area contributed by atoms with Crippen molar-refractivity contribution in [2.24, 2.45) is 10.7 Å². The molecule has 2 aromatic heterocycles. The fraction of sp³-hybridized carbons (Fsp3) is 0.304. The lowest BCUT2D eigenvalue weighted by atomic mass is 10.1. The number of aliphatic imine (C=N–C) groups is 1. The van der Waals surface area contributed by atoms with Gasteiger partial charge < -0.3 is 15.4 Å². The minimum Gasteiger partial charge on any atom is -0.404 e. The molecule has 0 radical (unpaired) electrons. The Kier molecular flexibility index (Phi) is 6.44. The van der Waals surface area contributed by atoms with Crippen LogP contribution in [-0.2, 0) is 4.74 Å². The molecule has 0 saturated carbocycles. The van der Waals surface area contributed by atoms with Crippen LogP contribution in [0.1, 0.15) is 11.3 Å². The molecule has 4 rings (SSSR count). The van der Waals surface area contributed by atoms with Gasteiger partial charge in [-0.25, -0.2) is 18.8 Å². The molecule has 2 N–H and O–H groups in total. The first-order valence-electron chi connectivity index (χ1n) is 10.4. The summed E-state index contributed by atoms with van der Waals surface area (Å²) in [4.78, 5) is 28.5. The number of anilines is 1. The fourth-order valence-electron chi connectivity index (χ4n) is 3.80. The van der Waals surface area contributed by atoms with Gasteiger partial charge in [0.05, 0.1) is 12.2 Å². The molecule has 33 heavy (non-hydrogen) atoms. The van der Waals surface area contributed by atoms with E-state index in [9.17, 15) is 9.18 Å². The molecule has 1 aromatic carbocycles. The zero-order valence-electron chi connectivity index (χ0n) is 18.5. The molecule has 3 aromatic rings. The van der Waals surface area contributed by atoms with E-state index < -0.39 is 5.82 Å². The zero-order chi connectivity index (χ0) is 23.7. The number of fused-ring (bicyclic) bond motifs is 1. The molecule has 1 aliphatic heterocycles. The Hall–Kier alpha value is -3.30. The zero-order valence-corrected chi connectivity index (χ0v) is 19.3. The minimum atomic E-state index is -0.578. The average Bonchev–Trinajstić information content (AvgIpc) is 2.80. The number of morpholine rings is 1. The van der Waals surface area contributed by atoms with Crippen molar-refractivity contribution in [1.82, 2.24) is 14.4 Å². The van der Waals surface area contributed by atoms with E-state index in [0.717, 1.165) is 5.57 Å². The van der Waals surface area contributed by atoms with E-state index in [0.29, 0.717) is 42.4 Å². The van der Waals surface area contributed by atoms with Gasteiger partial charge in [-0.2, -0.15) is 0 Å². The largest absolute Gasteiger partial charge is 0.404 e. The van der Waals surface area contributed by atoms with Crippen molar-refractivity contribution in [3.8, 4) is 11.4 Å². The molecule has 1 saturated heterocycles. The Morgan fingerprint density at radius 3 is 2.82 bits per heavy atom.